The Labute approximate surface area is 160 Å². The van der Waals surface area contributed by atoms with E-state index in [1.165, 1.54) is 0 Å². The number of hydrogen-bond donors (Lipinski definition) is 1. The van der Waals surface area contributed by atoms with E-state index in [1.54, 1.807) is 36.2 Å². The summed E-state index contributed by atoms with van der Waals surface area (Å²) in [4.78, 5) is 27.0. The molecule has 0 bridgehead atoms. The third-order valence-electron chi connectivity index (χ3n) is 4.24. The van der Waals surface area contributed by atoms with Gasteiger partial charge in [-0.3, -0.25) is 9.59 Å². The second-order valence-corrected chi connectivity index (χ2v) is 7.32. The number of benzene rings is 2. The van der Waals surface area contributed by atoms with Gasteiger partial charge in [-0.05, 0) is 42.7 Å². The first-order valence-electron chi connectivity index (χ1n) is 8.65. The van der Waals surface area contributed by atoms with Crippen molar-refractivity contribution < 1.29 is 9.59 Å². The number of hydrogen-bond acceptors (Lipinski definition) is 2. The third-order valence-corrected chi connectivity index (χ3v) is 4.49. The van der Waals surface area contributed by atoms with Gasteiger partial charge in [0.05, 0.1) is 0 Å². The summed E-state index contributed by atoms with van der Waals surface area (Å²) in [5.41, 5.74) is 2.62. The zero-order chi connectivity index (χ0) is 19.3. The van der Waals surface area contributed by atoms with Crippen LogP contribution in [0.2, 0.25) is 5.02 Å². The molecule has 0 aliphatic heterocycles. The van der Waals surface area contributed by atoms with Gasteiger partial charge in [-0.25, -0.2) is 0 Å². The molecule has 2 aromatic rings. The molecule has 0 aromatic heterocycles. The Kier molecular flexibility index (Phi) is 6.81. The van der Waals surface area contributed by atoms with Crippen molar-refractivity contribution in [2.45, 2.75) is 33.4 Å². The molecule has 5 heteroatoms. The largest absolute Gasteiger partial charge is 0.340 e. The number of rotatable bonds is 6. The van der Waals surface area contributed by atoms with Gasteiger partial charge in [-0.1, -0.05) is 55.3 Å². The summed E-state index contributed by atoms with van der Waals surface area (Å²) in [6.45, 7) is 6.27. The molecule has 1 N–H and O–H groups in total. The molecule has 2 amide bonds. The van der Waals surface area contributed by atoms with Crippen LogP contribution in [-0.2, 0) is 11.3 Å². The fraction of sp³-hybridized carbons (Fsp3) is 0.333. The highest BCUT2D eigenvalue weighted by atomic mass is 35.5. The molecule has 0 aliphatic carbocycles. The molecule has 0 spiro atoms. The third kappa shape index (κ3) is 5.33. The van der Waals surface area contributed by atoms with Crippen molar-refractivity contribution in [2.75, 3.05) is 7.05 Å². The lowest BCUT2D eigenvalue weighted by Gasteiger charge is -2.27. The van der Waals surface area contributed by atoms with Gasteiger partial charge in [-0.2, -0.15) is 0 Å². The van der Waals surface area contributed by atoms with Crippen LogP contribution in [0.3, 0.4) is 0 Å². The summed E-state index contributed by atoms with van der Waals surface area (Å²) < 4.78 is 0. The second kappa shape index (κ2) is 8.86. The van der Waals surface area contributed by atoms with Crippen molar-refractivity contribution in [2.24, 2.45) is 5.92 Å². The zero-order valence-electron chi connectivity index (χ0n) is 15.6. The van der Waals surface area contributed by atoms with E-state index < -0.39 is 6.04 Å². The summed E-state index contributed by atoms with van der Waals surface area (Å²) >= 11 is 5.90. The monoisotopic (exact) mass is 372 g/mol. The van der Waals surface area contributed by atoms with Crippen LogP contribution in [0.1, 0.15) is 35.3 Å². The van der Waals surface area contributed by atoms with Crippen LogP contribution in [0.25, 0.3) is 0 Å². The van der Waals surface area contributed by atoms with Crippen LogP contribution in [0.5, 0.6) is 0 Å². The number of aryl methyl sites for hydroxylation is 1. The van der Waals surface area contributed by atoms with E-state index in [-0.39, 0.29) is 17.7 Å². The van der Waals surface area contributed by atoms with Gasteiger partial charge >= 0.3 is 0 Å². The van der Waals surface area contributed by atoms with Crippen LogP contribution >= 0.6 is 11.6 Å². The average molecular weight is 373 g/mol. The van der Waals surface area contributed by atoms with Crippen molar-refractivity contribution in [3.63, 3.8) is 0 Å². The highest BCUT2D eigenvalue weighted by Crippen LogP contribution is 2.13. The maximum atomic E-state index is 12.9. The Bertz CT molecular complexity index is 755. The number of halogens is 1. The minimum atomic E-state index is -0.582. The molecule has 2 rings (SSSR count). The molecule has 26 heavy (non-hydrogen) atoms. The standard InChI is InChI=1S/C21H25ClN2O2/c1-14(2)19(23-20(25)17-9-5-15(3)6-10-17)21(26)24(4)13-16-7-11-18(22)12-8-16/h5-12,14,19H,13H2,1-4H3,(H,23,25). The van der Waals surface area contributed by atoms with E-state index in [0.717, 1.165) is 11.1 Å². The van der Waals surface area contributed by atoms with E-state index in [0.29, 0.717) is 17.1 Å². The summed E-state index contributed by atoms with van der Waals surface area (Å²) in [6, 6.07) is 14.1. The molecule has 1 atom stereocenters. The van der Waals surface area contributed by atoms with Crippen molar-refractivity contribution in [1.29, 1.82) is 0 Å². The van der Waals surface area contributed by atoms with Gasteiger partial charge in [0.15, 0.2) is 0 Å². The number of nitrogens with zero attached hydrogens (tertiary/aromatic N) is 1. The normalized spacial score (nSPS) is 11.9. The molecule has 0 saturated heterocycles. The van der Waals surface area contributed by atoms with Crippen LogP contribution in [0, 0.1) is 12.8 Å². The highest BCUT2D eigenvalue weighted by molar-refractivity contribution is 6.30. The molecule has 0 fully saturated rings. The maximum absolute atomic E-state index is 12.9. The molecule has 0 aliphatic rings. The van der Waals surface area contributed by atoms with Gasteiger partial charge in [0.1, 0.15) is 6.04 Å². The first-order valence-corrected chi connectivity index (χ1v) is 9.02. The molecule has 2 aromatic carbocycles. The first kappa shape index (κ1) is 20.0. The summed E-state index contributed by atoms with van der Waals surface area (Å²) in [7, 11) is 1.74. The topological polar surface area (TPSA) is 49.4 Å². The summed E-state index contributed by atoms with van der Waals surface area (Å²) in [5.74, 6) is -0.378. The van der Waals surface area contributed by atoms with Crippen LogP contribution < -0.4 is 5.32 Å². The molecule has 0 saturated carbocycles. The fourth-order valence-electron chi connectivity index (χ4n) is 2.62. The van der Waals surface area contributed by atoms with E-state index in [2.05, 4.69) is 5.32 Å². The molecule has 138 valence electrons. The maximum Gasteiger partial charge on any atom is 0.251 e. The van der Waals surface area contributed by atoms with Crippen LogP contribution in [-0.4, -0.2) is 29.8 Å². The highest BCUT2D eigenvalue weighted by Gasteiger charge is 2.27. The fourth-order valence-corrected chi connectivity index (χ4v) is 2.75. The molecular weight excluding hydrogens is 348 g/mol. The lowest BCUT2D eigenvalue weighted by Crippen LogP contribution is -2.50. The van der Waals surface area contributed by atoms with E-state index in [1.807, 2.05) is 45.0 Å². The SMILES string of the molecule is Cc1ccc(C(=O)NC(C(=O)N(C)Cc2ccc(Cl)cc2)C(C)C)cc1. The Hall–Kier alpha value is -2.33. The minimum absolute atomic E-state index is 0.0235. The predicted octanol–water partition coefficient (Wildman–Crippen LogP) is 4.06. The first-order chi connectivity index (χ1) is 12.3. The smallest absolute Gasteiger partial charge is 0.251 e. The van der Waals surface area contributed by atoms with Crippen LogP contribution in [0.4, 0.5) is 0 Å². The lowest BCUT2D eigenvalue weighted by atomic mass is 10.0. The predicted molar refractivity (Wildman–Crippen MR) is 105 cm³/mol. The summed E-state index contributed by atoms with van der Waals surface area (Å²) in [6.07, 6.45) is 0. The van der Waals surface area contributed by atoms with Crippen LogP contribution in [0.15, 0.2) is 48.5 Å². The number of amides is 2. The Morgan fingerprint density at radius 1 is 1.04 bits per heavy atom. The minimum Gasteiger partial charge on any atom is -0.340 e. The Balaban J connectivity index is 2.07. The summed E-state index contributed by atoms with van der Waals surface area (Å²) in [5, 5.41) is 3.54. The van der Waals surface area contributed by atoms with Gasteiger partial charge in [-0.15, -0.1) is 0 Å². The molecular formula is C21H25ClN2O2. The van der Waals surface area contributed by atoms with Gasteiger partial charge in [0, 0.05) is 24.2 Å². The van der Waals surface area contributed by atoms with Gasteiger partial charge in [0.2, 0.25) is 5.91 Å². The average Bonchev–Trinajstić information content (AvgIpc) is 2.61. The van der Waals surface area contributed by atoms with Gasteiger partial charge < -0.3 is 10.2 Å². The van der Waals surface area contributed by atoms with Crippen molar-refractivity contribution in [1.82, 2.24) is 10.2 Å². The number of nitrogens with one attached hydrogen (secondary N) is 1. The number of carbonyl (C=O) groups is 2. The molecule has 0 heterocycles. The van der Waals surface area contributed by atoms with Crippen molar-refractivity contribution >= 4 is 23.4 Å². The van der Waals surface area contributed by atoms with E-state index >= 15 is 0 Å². The quantitative estimate of drug-likeness (QED) is 0.831. The second-order valence-electron chi connectivity index (χ2n) is 6.88. The Morgan fingerprint density at radius 3 is 2.15 bits per heavy atom. The van der Waals surface area contributed by atoms with Gasteiger partial charge in [0.25, 0.3) is 5.91 Å². The lowest BCUT2D eigenvalue weighted by molar-refractivity contribution is -0.133. The molecule has 1 unspecified atom stereocenters. The zero-order valence-corrected chi connectivity index (χ0v) is 16.4. The molecule has 4 nitrogen and oxygen atoms in total. The van der Waals surface area contributed by atoms with Crippen molar-refractivity contribution in [3.8, 4) is 0 Å². The van der Waals surface area contributed by atoms with Crippen molar-refractivity contribution in [3.05, 3.63) is 70.2 Å². The molecule has 0 radical (unpaired) electrons. The Morgan fingerprint density at radius 2 is 1.62 bits per heavy atom. The van der Waals surface area contributed by atoms with E-state index in [9.17, 15) is 9.59 Å². The van der Waals surface area contributed by atoms with E-state index in [4.69, 9.17) is 11.6 Å². The number of likely N-dealkylation sites (N-methyl/N-ethyl adjacent to an activating group) is 1. The number of carbonyl (C=O) groups excluding carboxylic acids is 2.